The molecule has 2 rings (SSSR count). The Labute approximate surface area is 119 Å². The molecule has 2 N–H and O–H groups in total. The lowest BCUT2D eigenvalue weighted by molar-refractivity contribution is -0.118. The van der Waals surface area contributed by atoms with Crippen LogP contribution in [0, 0.1) is 6.92 Å². The van der Waals surface area contributed by atoms with Gasteiger partial charge in [0.1, 0.15) is 6.54 Å². The summed E-state index contributed by atoms with van der Waals surface area (Å²) in [4.78, 5) is 34.7. The van der Waals surface area contributed by atoms with Crippen molar-refractivity contribution in [3.05, 3.63) is 61.9 Å². The highest BCUT2D eigenvalue weighted by molar-refractivity contribution is 6.31. The predicted molar refractivity (Wildman–Crippen MR) is 75.2 cm³/mol. The van der Waals surface area contributed by atoms with Crippen molar-refractivity contribution in [3.63, 3.8) is 0 Å². The van der Waals surface area contributed by atoms with Gasteiger partial charge in [0.05, 0.1) is 0 Å². The van der Waals surface area contributed by atoms with Gasteiger partial charge < -0.3 is 5.73 Å². The Morgan fingerprint density at radius 2 is 1.95 bits per heavy atom. The Kier molecular flexibility index (Phi) is 3.76. The van der Waals surface area contributed by atoms with E-state index in [0.717, 1.165) is 10.1 Å². The second kappa shape index (κ2) is 5.34. The van der Waals surface area contributed by atoms with E-state index in [1.807, 2.05) is 0 Å². The molecule has 7 heteroatoms. The maximum absolute atomic E-state index is 12.0. The average molecular weight is 294 g/mol. The van der Waals surface area contributed by atoms with Crippen molar-refractivity contribution in [1.29, 1.82) is 0 Å². The minimum atomic E-state index is -0.807. The van der Waals surface area contributed by atoms with Crippen molar-refractivity contribution in [2.24, 2.45) is 5.73 Å². The summed E-state index contributed by atoms with van der Waals surface area (Å²) in [5.74, 6) is -0.688. The number of nitrogens with zero attached hydrogens (tertiary/aromatic N) is 2. The highest BCUT2D eigenvalue weighted by atomic mass is 35.5. The highest BCUT2D eigenvalue weighted by Crippen LogP contribution is 2.17. The fraction of sp³-hybridized carbons (Fsp3) is 0.154. The van der Waals surface area contributed by atoms with Crippen LogP contribution in [0.5, 0.6) is 0 Å². The maximum atomic E-state index is 12.0. The first-order valence-electron chi connectivity index (χ1n) is 5.77. The van der Waals surface area contributed by atoms with Crippen LogP contribution in [0.2, 0.25) is 5.02 Å². The van der Waals surface area contributed by atoms with Crippen molar-refractivity contribution in [1.82, 2.24) is 9.13 Å². The van der Waals surface area contributed by atoms with Crippen LogP contribution in [0.4, 0.5) is 0 Å². The number of carbonyl (C=O) groups excluding carboxylic acids is 1. The normalized spacial score (nSPS) is 10.5. The van der Waals surface area contributed by atoms with E-state index in [-0.39, 0.29) is 6.54 Å². The minimum absolute atomic E-state index is 0.325. The van der Waals surface area contributed by atoms with E-state index in [1.54, 1.807) is 25.1 Å². The van der Waals surface area contributed by atoms with Crippen molar-refractivity contribution < 1.29 is 4.79 Å². The fourth-order valence-electron chi connectivity index (χ4n) is 1.78. The standard InChI is InChI=1S/C13H12ClN3O3/c1-8-6-9(2-3-10(8)14)17-5-4-16(7-11(15)18)12(19)13(17)20/h2-6H,7H2,1H3,(H2,15,18). The molecule has 1 amide bonds. The van der Waals surface area contributed by atoms with E-state index < -0.39 is 17.0 Å². The van der Waals surface area contributed by atoms with Crippen LogP contribution in [0.25, 0.3) is 5.69 Å². The Morgan fingerprint density at radius 3 is 2.55 bits per heavy atom. The first kappa shape index (κ1) is 14.1. The maximum Gasteiger partial charge on any atom is 0.320 e. The van der Waals surface area contributed by atoms with Gasteiger partial charge in [0.2, 0.25) is 5.91 Å². The molecule has 0 radical (unpaired) electrons. The van der Waals surface area contributed by atoms with Gasteiger partial charge in [-0.3, -0.25) is 23.5 Å². The third-order valence-electron chi connectivity index (χ3n) is 2.80. The number of halogens is 1. The fourth-order valence-corrected chi connectivity index (χ4v) is 1.90. The number of hydrogen-bond acceptors (Lipinski definition) is 3. The molecule has 0 aliphatic carbocycles. The number of amides is 1. The van der Waals surface area contributed by atoms with Gasteiger partial charge in [0.25, 0.3) is 0 Å². The van der Waals surface area contributed by atoms with Crippen molar-refractivity contribution in [2.45, 2.75) is 13.5 Å². The Hall–Kier alpha value is -2.34. The zero-order valence-electron chi connectivity index (χ0n) is 10.7. The van der Waals surface area contributed by atoms with Gasteiger partial charge in [-0.25, -0.2) is 0 Å². The largest absolute Gasteiger partial charge is 0.368 e. The van der Waals surface area contributed by atoms with Gasteiger partial charge in [0, 0.05) is 23.1 Å². The summed E-state index contributed by atoms with van der Waals surface area (Å²) in [5.41, 5.74) is 4.76. The molecular weight excluding hydrogens is 282 g/mol. The van der Waals surface area contributed by atoms with Crippen LogP contribution in [0.1, 0.15) is 5.56 Å². The van der Waals surface area contributed by atoms with Crippen molar-refractivity contribution in [3.8, 4) is 5.69 Å². The molecule has 6 nitrogen and oxygen atoms in total. The lowest BCUT2D eigenvalue weighted by Gasteiger charge is -2.09. The molecule has 0 unspecified atom stereocenters. The quantitative estimate of drug-likeness (QED) is 0.833. The topological polar surface area (TPSA) is 87.1 Å². The molecule has 0 spiro atoms. The minimum Gasteiger partial charge on any atom is -0.368 e. The molecule has 0 bridgehead atoms. The monoisotopic (exact) mass is 293 g/mol. The molecular formula is C13H12ClN3O3. The van der Waals surface area contributed by atoms with Crippen LogP contribution >= 0.6 is 11.6 Å². The molecule has 2 aromatic rings. The Morgan fingerprint density at radius 1 is 1.25 bits per heavy atom. The molecule has 0 atom stereocenters. The summed E-state index contributed by atoms with van der Waals surface area (Å²) in [6.45, 7) is 1.47. The molecule has 20 heavy (non-hydrogen) atoms. The van der Waals surface area contributed by atoms with Crippen LogP contribution in [0.3, 0.4) is 0 Å². The number of aryl methyl sites for hydroxylation is 1. The van der Waals surface area contributed by atoms with E-state index in [4.69, 9.17) is 17.3 Å². The Balaban J connectivity index is 2.57. The van der Waals surface area contributed by atoms with Gasteiger partial charge in [-0.1, -0.05) is 11.6 Å². The molecule has 0 saturated carbocycles. The van der Waals surface area contributed by atoms with E-state index in [0.29, 0.717) is 10.7 Å². The zero-order chi connectivity index (χ0) is 14.9. The summed E-state index contributed by atoms with van der Waals surface area (Å²) in [6.07, 6.45) is 2.76. The van der Waals surface area contributed by atoms with E-state index in [1.165, 1.54) is 17.0 Å². The summed E-state index contributed by atoms with van der Waals surface area (Å²) < 4.78 is 2.17. The average Bonchev–Trinajstić information content (AvgIpc) is 2.38. The van der Waals surface area contributed by atoms with E-state index >= 15 is 0 Å². The Bertz CT molecular complexity index is 792. The lowest BCUT2D eigenvalue weighted by Crippen LogP contribution is -2.41. The SMILES string of the molecule is Cc1cc(-n2ccn(CC(N)=O)c(=O)c2=O)ccc1Cl. The van der Waals surface area contributed by atoms with Crippen LogP contribution in [-0.2, 0) is 11.3 Å². The third-order valence-corrected chi connectivity index (χ3v) is 3.23. The summed E-state index contributed by atoms with van der Waals surface area (Å²) in [7, 11) is 0. The van der Waals surface area contributed by atoms with Gasteiger partial charge >= 0.3 is 11.1 Å². The van der Waals surface area contributed by atoms with E-state index in [2.05, 4.69) is 0 Å². The van der Waals surface area contributed by atoms with Gasteiger partial charge in [-0.05, 0) is 30.7 Å². The zero-order valence-corrected chi connectivity index (χ0v) is 11.4. The van der Waals surface area contributed by atoms with Crippen molar-refractivity contribution >= 4 is 17.5 Å². The second-order valence-corrected chi connectivity index (χ2v) is 4.71. The summed E-state index contributed by atoms with van der Waals surface area (Å²) in [6, 6.07) is 4.98. The molecule has 104 valence electrons. The van der Waals surface area contributed by atoms with Gasteiger partial charge in [-0.2, -0.15) is 0 Å². The van der Waals surface area contributed by atoms with Crippen LogP contribution in [-0.4, -0.2) is 15.0 Å². The number of hydrogen-bond donors (Lipinski definition) is 1. The molecule has 0 aliphatic heterocycles. The highest BCUT2D eigenvalue weighted by Gasteiger charge is 2.09. The second-order valence-electron chi connectivity index (χ2n) is 4.31. The van der Waals surface area contributed by atoms with E-state index in [9.17, 15) is 14.4 Å². The van der Waals surface area contributed by atoms with Crippen LogP contribution < -0.4 is 16.9 Å². The summed E-state index contributed by atoms with van der Waals surface area (Å²) >= 11 is 5.92. The number of benzene rings is 1. The van der Waals surface area contributed by atoms with Crippen LogP contribution in [0.15, 0.2) is 40.2 Å². The number of nitrogens with two attached hydrogens (primary N) is 1. The van der Waals surface area contributed by atoms with Crippen molar-refractivity contribution in [2.75, 3.05) is 0 Å². The molecule has 0 aliphatic rings. The lowest BCUT2D eigenvalue weighted by atomic mass is 10.2. The summed E-state index contributed by atoms with van der Waals surface area (Å²) in [5, 5.41) is 0.573. The first-order chi connectivity index (χ1) is 9.40. The third kappa shape index (κ3) is 2.65. The molecule has 1 heterocycles. The first-order valence-corrected chi connectivity index (χ1v) is 6.15. The smallest absolute Gasteiger partial charge is 0.320 e. The molecule has 0 fully saturated rings. The molecule has 0 saturated heterocycles. The van der Waals surface area contributed by atoms with Gasteiger partial charge in [0.15, 0.2) is 0 Å². The molecule has 1 aromatic heterocycles. The predicted octanol–water partition coefficient (Wildman–Crippen LogP) is 0.446. The van der Waals surface area contributed by atoms with Gasteiger partial charge in [-0.15, -0.1) is 0 Å². The number of carbonyl (C=O) groups is 1. The number of aromatic nitrogens is 2. The number of rotatable bonds is 3. The number of primary amides is 1. The molecule has 1 aromatic carbocycles.